The highest BCUT2D eigenvalue weighted by molar-refractivity contribution is 5.85. The molecule has 4 rings (SSSR count). The first-order valence-corrected chi connectivity index (χ1v) is 9.53. The van der Waals surface area contributed by atoms with E-state index in [1.807, 2.05) is 6.92 Å². The lowest BCUT2D eigenvalue weighted by Crippen LogP contribution is -2.26. The standard InChI is InChI=1S/C22H25N3O/c1-15-20(14-17-10-7-9-16-8-5-6-13-19(16)17)24-22(25-21(15)26)23-18-11-3-2-4-12-18/h5-10,13,18H,2-4,11-12,14H2,1H3,(H2,23,24,25,26). The highest BCUT2D eigenvalue weighted by atomic mass is 16.1. The topological polar surface area (TPSA) is 57.8 Å². The van der Waals surface area contributed by atoms with Crippen molar-refractivity contribution in [1.82, 2.24) is 9.97 Å². The number of nitrogens with zero attached hydrogens (tertiary/aromatic N) is 1. The van der Waals surface area contributed by atoms with E-state index < -0.39 is 0 Å². The second-order valence-corrected chi connectivity index (χ2v) is 7.28. The molecular weight excluding hydrogens is 322 g/mol. The summed E-state index contributed by atoms with van der Waals surface area (Å²) < 4.78 is 0. The predicted octanol–water partition coefficient (Wildman–Crippen LogP) is 4.57. The fourth-order valence-electron chi connectivity index (χ4n) is 3.89. The van der Waals surface area contributed by atoms with Gasteiger partial charge in [-0.25, -0.2) is 4.98 Å². The predicted molar refractivity (Wildman–Crippen MR) is 107 cm³/mol. The molecule has 1 aliphatic carbocycles. The first-order chi connectivity index (χ1) is 12.7. The zero-order valence-corrected chi connectivity index (χ0v) is 15.2. The third-order valence-corrected chi connectivity index (χ3v) is 5.44. The van der Waals surface area contributed by atoms with Crippen LogP contribution in [0.25, 0.3) is 10.8 Å². The lowest BCUT2D eigenvalue weighted by atomic mass is 9.96. The van der Waals surface area contributed by atoms with Crippen LogP contribution in [0.3, 0.4) is 0 Å². The molecule has 0 unspecified atom stereocenters. The summed E-state index contributed by atoms with van der Waals surface area (Å²) in [7, 11) is 0. The van der Waals surface area contributed by atoms with E-state index in [1.165, 1.54) is 35.6 Å². The first-order valence-electron chi connectivity index (χ1n) is 9.53. The minimum Gasteiger partial charge on any atom is -0.353 e. The van der Waals surface area contributed by atoms with Crippen molar-refractivity contribution < 1.29 is 0 Å². The second kappa shape index (κ2) is 7.32. The molecule has 2 aromatic carbocycles. The SMILES string of the molecule is Cc1c(Cc2cccc3ccccc23)nc(NC2CCCCC2)[nH]c1=O. The Bertz CT molecular complexity index is 965. The van der Waals surface area contributed by atoms with Crippen molar-refractivity contribution in [2.45, 2.75) is 51.5 Å². The summed E-state index contributed by atoms with van der Waals surface area (Å²) in [5.74, 6) is 0.614. The summed E-state index contributed by atoms with van der Waals surface area (Å²) in [4.78, 5) is 20.1. The number of benzene rings is 2. The molecule has 3 aromatic rings. The summed E-state index contributed by atoms with van der Waals surface area (Å²) in [5, 5.41) is 5.88. The van der Waals surface area contributed by atoms with Crippen LogP contribution in [0.1, 0.15) is 48.9 Å². The highest BCUT2D eigenvalue weighted by Gasteiger charge is 2.16. The number of H-pyrrole nitrogens is 1. The molecule has 26 heavy (non-hydrogen) atoms. The van der Waals surface area contributed by atoms with Gasteiger partial charge < -0.3 is 5.32 Å². The molecule has 0 bridgehead atoms. The van der Waals surface area contributed by atoms with E-state index in [-0.39, 0.29) is 5.56 Å². The van der Waals surface area contributed by atoms with Gasteiger partial charge in [-0.1, -0.05) is 61.7 Å². The molecule has 1 aromatic heterocycles. The molecule has 134 valence electrons. The van der Waals surface area contributed by atoms with E-state index >= 15 is 0 Å². The smallest absolute Gasteiger partial charge is 0.255 e. The normalized spacial score (nSPS) is 15.3. The van der Waals surface area contributed by atoms with E-state index in [4.69, 9.17) is 4.98 Å². The van der Waals surface area contributed by atoms with Crippen LogP contribution in [-0.2, 0) is 6.42 Å². The molecule has 2 N–H and O–H groups in total. The van der Waals surface area contributed by atoms with E-state index in [1.54, 1.807) is 0 Å². The van der Waals surface area contributed by atoms with Gasteiger partial charge in [-0.05, 0) is 36.1 Å². The number of hydrogen-bond acceptors (Lipinski definition) is 3. The third kappa shape index (κ3) is 3.50. The van der Waals surface area contributed by atoms with Crippen molar-refractivity contribution >= 4 is 16.7 Å². The van der Waals surface area contributed by atoms with E-state index in [2.05, 4.69) is 52.8 Å². The van der Waals surface area contributed by atoms with Gasteiger partial charge >= 0.3 is 0 Å². The van der Waals surface area contributed by atoms with Crippen molar-refractivity contribution in [3.8, 4) is 0 Å². The van der Waals surface area contributed by atoms with E-state index in [9.17, 15) is 4.79 Å². The van der Waals surface area contributed by atoms with Gasteiger partial charge in [0.2, 0.25) is 5.95 Å². The Balaban J connectivity index is 1.66. The molecule has 1 aliphatic rings. The van der Waals surface area contributed by atoms with Gasteiger partial charge in [0.05, 0.1) is 5.69 Å². The molecule has 1 saturated carbocycles. The van der Waals surface area contributed by atoms with Crippen LogP contribution in [0.4, 0.5) is 5.95 Å². The minimum absolute atomic E-state index is 0.0476. The number of rotatable bonds is 4. The molecule has 0 spiro atoms. The second-order valence-electron chi connectivity index (χ2n) is 7.28. The van der Waals surface area contributed by atoms with Crippen LogP contribution < -0.4 is 10.9 Å². The third-order valence-electron chi connectivity index (χ3n) is 5.44. The van der Waals surface area contributed by atoms with E-state index in [0.29, 0.717) is 24.0 Å². The number of hydrogen-bond donors (Lipinski definition) is 2. The van der Waals surface area contributed by atoms with Crippen LogP contribution >= 0.6 is 0 Å². The number of aromatic nitrogens is 2. The summed E-state index contributed by atoms with van der Waals surface area (Å²) in [6, 6.07) is 15.1. The van der Waals surface area contributed by atoms with Crippen molar-refractivity contribution in [2.24, 2.45) is 0 Å². The quantitative estimate of drug-likeness (QED) is 0.727. The van der Waals surface area contributed by atoms with Gasteiger partial charge in [0.15, 0.2) is 0 Å². The average molecular weight is 347 g/mol. The number of nitrogens with one attached hydrogen (secondary N) is 2. The number of anilines is 1. The highest BCUT2D eigenvalue weighted by Crippen LogP contribution is 2.23. The fraction of sp³-hybridized carbons (Fsp3) is 0.364. The lowest BCUT2D eigenvalue weighted by Gasteiger charge is -2.23. The summed E-state index contributed by atoms with van der Waals surface area (Å²) in [6.45, 7) is 1.86. The maximum absolute atomic E-state index is 12.4. The monoisotopic (exact) mass is 347 g/mol. The zero-order valence-electron chi connectivity index (χ0n) is 15.2. The van der Waals surface area contributed by atoms with Gasteiger partial charge in [-0.2, -0.15) is 0 Å². The zero-order chi connectivity index (χ0) is 17.9. The van der Waals surface area contributed by atoms with Crippen LogP contribution in [0.15, 0.2) is 47.3 Å². The fourth-order valence-corrected chi connectivity index (χ4v) is 3.89. The minimum atomic E-state index is -0.0476. The Kier molecular flexibility index (Phi) is 4.74. The molecule has 1 fully saturated rings. The maximum atomic E-state index is 12.4. The molecule has 0 saturated heterocycles. The Morgan fingerprint density at radius 1 is 1.08 bits per heavy atom. The summed E-state index contributed by atoms with van der Waals surface area (Å²) in [6.07, 6.45) is 6.76. The summed E-state index contributed by atoms with van der Waals surface area (Å²) in [5.41, 5.74) is 2.71. The Morgan fingerprint density at radius 2 is 1.85 bits per heavy atom. The maximum Gasteiger partial charge on any atom is 0.255 e. The largest absolute Gasteiger partial charge is 0.353 e. The number of fused-ring (bicyclic) bond motifs is 1. The molecular formula is C22H25N3O. The molecule has 0 atom stereocenters. The molecule has 0 amide bonds. The average Bonchev–Trinajstić information content (AvgIpc) is 2.67. The van der Waals surface area contributed by atoms with Crippen molar-refractivity contribution in [2.75, 3.05) is 5.32 Å². The van der Waals surface area contributed by atoms with Crippen LogP contribution in [0.5, 0.6) is 0 Å². The van der Waals surface area contributed by atoms with Crippen molar-refractivity contribution in [3.63, 3.8) is 0 Å². The van der Waals surface area contributed by atoms with Crippen LogP contribution in [0.2, 0.25) is 0 Å². The van der Waals surface area contributed by atoms with Crippen molar-refractivity contribution in [3.05, 3.63) is 69.6 Å². The number of aromatic amines is 1. The Morgan fingerprint density at radius 3 is 2.69 bits per heavy atom. The lowest BCUT2D eigenvalue weighted by molar-refractivity contribution is 0.460. The van der Waals surface area contributed by atoms with Crippen molar-refractivity contribution in [1.29, 1.82) is 0 Å². The van der Waals surface area contributed by atoms with Gasteiger partial charge in [0.1, 0.15) is 0 Å². The first kappa shape index (κ1) is 16.8. The molecule has 4 heteroatoms. The Hall–Kier alpha value is -2.62. The van der Waals surface area contributed by atoms with E-state index in [0.717, 1.165) is 18.5 Å². The molecule has 0 radical (unpaired) electrons. The van der Waals surface area contributed by atoms with Gasteiger partial charge in [0, 0.05) is 18.0 Å². The molecule has 1 heterocycles. The van der Waals surface area contributed by atoms with Gasteiger partial charge in [0.25, 0.3) is 5.56 Å². The molecule has 0 aliphatic heterocycles. The molecule has 4 nitrogen and oxygen atoms in total. The van der Waals surface area contributed by atoms with Crippen LogP contribution in [0, 0.1) is 6.92 Å². The van der Waals surface area contributed by atoms with Crippen LogP contribution in [-0.4, -0.2) is 16.0 Å². The Labute approximate surface area is 153 Å². The van der Waals surface area contributed by atoms with Gasteiger partial charge in [-0.15, -0.1) is 0 Å². The summed E-state index contributed by atoms with van der Waals surface area (Å²) >= 11 is 0. The van der Waals surface area contributed by atoms with Gasteiger partial charge in [-0.3, -0.25) is 9.78 Å².